The minimum absolute atomic E-state index is 0.195. The molecule has 3 unspecified atom stereocenters. The van der Waals surface area contributed by atoms with E-state index in [2.05, 4.69) is 12.2 Å². The van der Waals surface area contributed by atoms with E-state index in [9.17, 15) is 10.2 Å². The Morgan fingerprint density at radius 3 is 2.25 bits per heavy atom. The molecule has 20 heavy (non-hydrogen) atoms. The molecule has 1 aromatic carbocycles. The SMILES string of the molecule is COCC(O)c1cc2c(cc1C(O)COC)NC(C)C2. The second-order valence-corrected chi connectivity index (χ2v) is 5.33. The van der Waals surface area contributed by atoms with Crippen LogP contribution in [0.3, 0.4) is 0 Å². The Labute approximate surface area is 119 Å². The Balaban J connectivity index is 2.39. The molecule has 0 amide bonds. The highest BCUT2D eigenvalue weighted by molar-refractivity contribution is 5.61. The highest BCUT2D eigenvalue weighted by atomic mass is 16.5. The molecule has 5 heteroatoms. The van der Waals surface area contributed by atoms with Crippen molar-refractivity contribution in [3.63, 3.8) is 0 Å². The molecular weight excluding hydrogens is 258 g/mol. The second kappa shape index (κ2) is 6.54. The molecule has 0 fully saturated rings. The summed E-state index contributed by atoms with van der Waals surface area (Å²) in [6.07, 6.45) is -0.588. The van der Waals surface area contributed by atoms with Crippen molar-refractivity contribution in [1.29, 1.82) is 0 Å². The Hall–Kier alpha value is -1.14. The molecule has 3 atom stereocenters. The first kappa shape index (κ1) is 15.3. The molecule has 0 spiro atoms. The quantitative estimate of drug-likeness (QED) is 0.735. The molecular formula is C15H23NO4. The summed E-state index contributed by atoms with van der Waals surface area (Å²) in [7, 11) is 3.09. The zero-order valence-electron chi connectivity index (χ0n) is 12.2. The molecule has 3 N–H and O–H groups in total. The topological polar surface area (TPSA) is 71.0 Å². The van der Waals surface area contributed by atoms with E-state index >= 15 is 0 Å². The van der Waals surface area contributed by atoms with Gasteiger partial charge in [-0.3, -0.25) is 0 Å². The van der Waals surface area contributed by atoms with Crippen molar-refractivity contribution in [3.05, 3.63) is 28.8 Å². The fourth-order valence-corrected chi connectivity index (χ4v) is 2.70. The summed E-state index contributed by atoms with van der Waals surface area (Å²) in [5, 5.41) is 23.8. The van der Waals surface area contributed by atoms with Crippen LogP contribution in [0.1, 0.15) is 35.8 Å². The highest BCUT2D eigenvalue weighted by Gasteiger charge is 2.24. The maximum Gasteiger partial charge on any atom is 0.103 e. The van der Waals surface area contributed by atoms with Crippen LogP contribution in [0.4, 0.5) is 5.69 Å². The van der Waals surface area contributed by atoms with Gasteiger partial charge in [0.05, 0.1) is 13.2 Å². The van der Waals surface area contributed by atoms with Crippen molar-refractivity contribution in [2.75, 3.05) is 32.8 Å². The van der Waals surface area contributed by atoms with Gasteiger partial charge in [-0.25, -0.2) is 0 Å². The van der Waals surface area contributed by atoms with E-state index in [1.807, 2.05) is 12.1 Å². The summed E-state index contributed by atoms with van der Waals surface area (Å²) in [5.74, 6) is 0. The lowest BCUT2D eigenvalue weighted by Crippen LogP contribution is -2.14. The number of benzene rings is 1. The van der Waals surface area contributed by atoms with Gasteiger partial charge in [0, 0.05) is 25.9 Å². The first-order valence-electron chi connectivity index (χ1n) is 6.84. The number of hydrogen-bond acceptors (Lipinski definition) is 5. The molecule has 0 saturated carbocycles. The first-order valence-corrected chi connectivity index (χ1v) is 6.84. The minimum atomic E-state index is -0.760. The van der Waals surface area contributed by atoms with Crippen LogP contribution in [0.5, 0.6) is 0 Å². The summed E-state index contributed by atoms with van der Waals surface area (Å²) < 4.78 is 10.0. The summed E-state index contributed by atoms with van der Waals surface area (Å²) in [4.78, 5) is 0. The Kier molecular flexibility index (Phi) is 4.99. The van der Waals surface area contributed by atoms with Crippen molar-refractivity contribution in [3.8, 4) is 0 Å². The number of aliphatic hydroxyl groups is 2. The molecule has 1 aromatic rings. The monoisotopic (exact) mass is 281 g/mol. The predicted molar refractivity (Wildman–Crippen MR) is 76.9 cm³/mol. The number of rotatable bonds is 6. The summed E-state index contributed by atoms with van der Waals surface area (Å²) in [6.45, 7) is 2.51. The maximum atomic E-state index is 10.2. The maximum absolute atomic E-state index is 10.2. The van der Waals surface area contributed by atoms with Crippen molar-refractivity contribution in [2.45, 2.75) is 31.6 Å². The molecule has 0 radical (unpaired) electrons. The second-order valence-electron chi connectivity index (χ2n) is 5.33. The van der Waals surface area contributed by atoms with E-state index in [0.717, 1.165) is 17.7 Å². The van der Waals surface area contributed by atoms with Gasteiger partial charge in [-0.05, 0) is 36.1 Å². The summed E-state index contributed by atoms with van der Waals surface area (Å²) in [6, 6.07) is 4.24. The van der Waals surface area contributed by atoms with Crippen molar-refractivity contribution < 1.29 is 19.7 Å². The smallest absolute Gasteiger partial charge is 0.103 e. The van der Waals surface area contributed by atoms with Gasteiger partial charge in [0.15, 0.2) is 0 Å². The van der Waals surface area contributed by atoms with Crippen LogP contribution < -0.4 is 5.32 Å². The van der Waals surface area contributed by atoms with Crippen LogP contribution in [-0.4, -0.2) is 43.7 Å². The zero-order valence-corrected chi connectivity index (χ0v) is 12.2. The Morgan fingerprint density at radius 1 is 1.15 bits per heavy atom. The van der Waals surface area contributed by atoms with E-state index in [1.54, 1.807) is 14.2 Å². The number of methoxy groups -OCH3 is 2. The molecule has 0 saturated heterocycles. The molecule has 0 aliphatic carbocycles. The van der Waals surface area contributed by atoms with E-state index in [1.165, 1.54) is 0 Å². The van der Waals surface area contributed by atoms with Gasteiger partial charge in [0.2, 0.25) is 0 Å². The van der Waals surface area contributed by atoms with E-state index in [0.29, 0.717) is 17.2 Å². The standard InChI is InChI=1S/C15H23NO4/c1-9-4-10-5-11(14(17)7-19-2)12(6-13(10)16-9)15(18)8-20-3/h5-6,9,14-18H,4,7-8H2,1-3H3. The van der Waals surface area contributed by atoms with Crippen molar-refractivity contribution >= 4 is 5.69 Å². The first-order chi connectivity index (χ1) is 9.56. The number of nitrogens with one attached hydrogen (secondary N) is 1. The third kappa shape index (κ3) is 3.12. The largest absolute Gasteiger partial charge is 0.386 e. The number of ether oxygens (including phenoxy) is 2. The minimum Gasteiger partial charge on any atom is -0.386 e. The highest BCUT2D eigenvalue weighted by Crippen LogP contribution is 2.34. The van der Waals surface area contributed by atoms with Gasteiger partial charge < -0.3 is 25.0 Å². The molecule has 1 aliphatic rings. The average Bonchev–Trinajstić information content (AvgIpc) is 2.76. The van der Waals surface area contributed by atoms with Gasteiger partial charge in [0.1, 0.15) is 12.2 Å². The van der Waals surface area contributed by atoms with Crippen LogP contribution in [0.25, 0.3) is 0 Å². The molecule has 5 nitrogen and oxygen atoms in total. The van der Waals surface area contributed by atoms with Crippen LogP contribution in [0, 0.1) is 0 Å². The fourth-order valence-electron chi connectivity index (χ4n) is 2.70. The Bertz CT molecular complexity index is 422. The van der Waals surface area contributed by atoms with Gasteiger partial charge >= 0.3 is 0 Å². The molecule has 1 heterocycles. The van der Waals surface area contributed by atoms with E-state index < -0.39 is 12.2 Å². The van der Waals surface area contributed by atoms with Crippen LogP contribution in [-0.2, 0) is 15.9 Å². The van der Waals surface area contributed by atoms with E-state index in [-0.39, 0.29) is 13.2 Å². The predicted octanol–water partition coefficient (Wildman–Crippen LogP) is 1.40. The molecule has 0 aromatic heterocycles. The Morgan fingerprint density at radius 2 is 1.70 bits per heavy atom. The molecule has 1 aliphatic heterocycles. The number of anilines is 1. The van der Waals surface area contributed by atoms with Gasteiger partial charge in [0.25, 0.3) is 0 Å². The lowest BCUT2D eigenvalue weighted by atomic mass is 9.94. The molecule has 2 rings (SSSR count). The fraction of sp³-hybridized carbons (Fsp3) is 0.600. The lowest BCUT2D eigenvalue weighted by molar-refractivity contribution is 0.0493. The normalized spacial score (nSPS) is 20.4. The summed E-state index contributed by atoms with van der Waals surface area (Å²) in [5.41, 5.74) is 3.59. The van der Waals surface area contributed by atoms with Crippen molar-refractivity contribution in [2.24, 2.45) is 0 Å². The van der Waals surface area contributed by atoms with Crippen molar-refractivity contribution in [1.82, 2.24) is 0 Å². The molecule has 112 valence electrons. The third-order valence-electron chi connectivity index (χ3n) is 3.60. The van der Waals surface area contributed by atoms with Gasteiger partial charge in [-0.1, -0.05) is 6.07 Å². The lowest BCUT2D eigenvalue weighted by Gasteiger charge is -2.20. The van der Waals surface area contributed by atoms with Gasteiger partial charge in [-0.2, -0.15) is 0 Å². The average molecular weight is 281 g/mol. The van der Waals surface area contributed by atoms with Crippen LogP contribution in [0.2, 0.25) is 0 Å². The van der Waals surface area contributed by atoms with Gasteiger partial charge in [-0.15, -0.1) is 0 Å². The van der Waals surface area contributed by atoms with Crippen LogP contribution in [0.15, 0.2) is 12.1 Å². The van der Waals surface area contributed by atoms with Crippen LogP contribution >= 0.6 is 0 Å². The number of hydrogen-bond donors (Lipinski definition) is 3. The third-order valence-corrected chi connectivity index (χ3v) is 3.60. The number of fused-ring (bicyclic) bond motifs is 1. The molecule has 0 bridgehead atoms. The number of aliphatic hydroxyl groups excluding tert-OH is 2. The zero-order chi connectivity index (χ0) is 14.7. The summed E-state index contributed by atoms with van der Waals surface area (Å²) >= 11 is 0. The van der Waals surface area contributed by atoms with E-state index in [4.69, 9.17) is 9.47 Å².